The first kappa shape index (κ1) is 14.8. The molecular weight excluding hydrogens is 276 g/mol. The molecule has 20 heavy (non-hydrogen) atoms. The molecule has 0 bridgehead atoms. The van der Waals surface area contributed by atoms with Crippen molar-refractivity contribution in [3.63, 3.8) is 0 Å². The first-order valence-corrected chi connectivity index (χ1v) is 7.10. The van der Waals surface area contributed by atoms with Crippen LogP contribution in [0, 0.1) is 5.92 Å². The molecule has 0 aliphatic heterocycles. The predicted molar refractivity (Wildman–Crippen MR) is 78.2 cm³/mol. The van der Waals surface area contributed by atoms with Crippen LogP contribution in [0.5, 0.6) is 5.75 Å². The lowest BCUT2D eigenvalue weighted by molar-refractivity contribution is -0.116. The van der Waals surface area contributed by atoms with E-state index in [0.717, 1.165) is 0 Å². The lowest BCUT2D eigenvalue weighted by Gasteiger charge is -2.19. The average Bonchev–Trinajstić information content (AvgIpc) is 2.38. The van der Waals surface area contributed by atoms with Crippen molar-refractivity contribution in [2.24, 2.45) is 5.92 Å². The van der Waals surface area contributed by atoms with E-state index in [0.29, 0.717) is 35.8 Å². The molecule has 2 rings (SSSR count). The fourth-order valence-corrected chi connectivity index (χ4v) is 2.77. The molecule has 1 unspecified atom stereocenters. The van der Waals surface area contributed by atoms with Crippen molar-refractivity contribution < 1.29 is 14.3 Å². The van der Waals surface area contributed by atoms with Gasteiger partial charge in [0.2, 0.25) is 0 Å². The molecule has 0 fully saturated rings. The van der Waals surface area contributed by atoms with Gasteiger partial charge in [-0.2, -0.15) is 0 Å². The Hall–Kier alpha value is -1.61. The molecule has 1 aliphatic rings. The van der Waals surface area contributed by atoms with Crippen LogP contribution in [0.4, 0.5) is 0 Å². The zero-order chi connectivity index (χ0) is 14.7. The Kier molecular flexibility index (Phi) is 4.61. The summed E-state index contributed by atoms with van der Waals surface area (Å²) >= 11 is 6.11. The minimum atomic E-state index is -0.296. The molecule has 1 aliphatic carbocycles. The van der Waals surface area contributed by atoms with Gasteiger partial charge in [0.15, 0.2) is 11.6 Å². The van der Waals surface area contributed by atoms with Gasteiger partial charge < -0.3 is 4.74 Å². The number of hydrogen-bond acceptors (Lipinski definition) is 3. The maximum Gasteiger partial charge on any atom is 0.197 e. The van der Waals surface area contributed by atoms with E-state index < -0.39 is 0 Å². The van der Waals surface area contributed by atoms with Gasteiger partial charge >= 0.3 is 0 Å². The van der Waals surface area contributed by atoms with Crippen LogP contribution >= 0.6 is 11.6 Å². The van der Waals surface area contributed by atoms with Crippen LogP contribution < -0.4 is 4.74 Å². The maximum atomic E-state index is 12.4. The first-order valence-electron chi connectivity index (χ1n) is 6.72. The summed E-state index contributed by atoms with van der Waals surface area (Å²) in [6.07, 6.45) is 0.972. The van der Waals surface area contributed by atoms with Crippen LogP contribution in [0.25, 0.3) is 0 Å². The standard InChI is InChI=1S/C16H17ClO3/c1-3-20-12-6-4-11(5-7-12)16(19)15-13(17)8-10(2)9-14(15)18/h4-7,10H,3,8-9H2,1-2H3. The Morgan fingerprint density at radius 3 is 2.50 bits per heavy atom. The summed E-state index contributed by atoms with van der Waals surface area (Å²) in [7, 11) is 0. The highest BCUT2D eigenvalue weighted by Gasteiger charge is 2.29. The van der Waals surface area contributed by atoms with Crippen LogP contribution in [-0.4, -0.2) is 18.2 Å². The summed E-state index contributed by atoms with van der Waals surface area (Å²) < 4.78 is 5.33. The molecule has 0 spiro atoms. The Balaban J connectivity index is 2.26. The summed E-state index contributed by atoms with van der Waals surface area (Å²) in [5.41, 5.74) is 0.610. The SMILES string of the molecule is CCOc1ccc(C(=O)C2=C(Cl)CC(C)CC2=O)cc1. The third-order valence-corrected chi connectivity index (χ3v) is 3.61. The largest absolute Gasteiger partial charge is 0.494 e. The summed E-state index contributed by atoms with van der Waals surface area (Å²) in [5.74, 6) is 0.446. The molecule has 0 saturated carbocycles. The van der Waals surface area contributed by atoms with Crippen molar-refractivity contribution in [2.45, 2.75) is 26.7 Å². The number of benzene rings is 1. The van der Waals surface area contributed by atoms with E-state index in [-0.39, 0.29) is 23.1 Å². The van der Waals surface area contributed by atoms with E-state index >= 15 is 0 Å². The van der Waals surface area contributed by atoms with E-state index in [9.17, 15) is 9.59 Å². The molecular formula is C16H17ClO3. The van der Waals surface area contributed by atoms with E-state index in [1.165, 1.54) is 0 Å². The normalized spacial score (nSPS) is 19.1. The smallest absolute Gasteiger partial charge is 0.197 e. The number of ketones is 2. The number of halogens is 1. The molecule has 1 aromatic rings. The fourth-order valence-electron chi connectivity index (χ4n) is 2.31. The topological polar surface area (TPSA) is 43.4 Å². The van der Waals surface area contributed by atoms with Crippen LogP contribution in [0.2, 0.25) is 0 Å². The molecule has 0 N–H and O–H groups in total. The zero-order valence-electron chi connectivity index (χ0n) is 11.6. The highest BCUT2D eigenvalue weighted by Crippen LogP contribution is 2.31. The summed E-state index contributed by atoms with van der Waals surface area (Å²) in [6.45, 7) is 4.42. The van der Waals surface area contributed by atoms with Gasteiger partial charge in [-0.1, -0.05) is 18.5 Å². The minimum Gasteiger partial charge on any atom is -0.494 e. The minimum absolute atomic E-state index is 0.147. The van der Waals surface area contributed by atoms with Gasteiger partial charge in [0, 0.05) is 17.0 Å². The second-order valence-corrected chi connectivity index (χ2v) is 5.46. The number of hydrogen-bond donors (Lipinski definition) is 0. The van der Waals surface area contributed by atoms with Gasteiger partial charge in [0.1, 0.15) is 5.75 Å². The van der Waals surface area contributed by atoms with Gasteiger partial charge in [-0.25, -0.2) is 0 Å². The number of allylic oxidation sites excluding steroid dienone is 2. The van der Waals surface area contributed by atoms with Crippen molar-refractivity contribution in [1.29, 1.82) is 0 Å². The van der Waals surface area contributed by atoms with E-state index in [1.807, 2.05) is 13.8 Å². The van der Waals surface area contributed by atoms with Gasteiger partial charge in [0.05, 0.1) is 12.2 Å². The molecule has 3 nitrogen and oxygen atoms in total. The summed E-state index contributed by atoms with van der Waals surface area (Å²) in [5, 5.41) is 0.382. The number of carbonyl (C=O) groups is 2. The molecule has 4 heteroatoms. The molecule has 106 valence electrons. The van der Waals surface area contributed by atoms with Gasteiger partial charge in [-0.15, -0.1) is 0 Å². The number of ether oxygens (including phenoxy) is 1. The fraction of sp³-hybridized carbons (Fsp3) is 0.375. The lowest BCUT2D eigenvalue weighted by atomic mass is 9.86. The van der Waals surface area contributed by atoms with Crippen molar-refractivity contribution in [3.05, 3.63) is 40.4 Å². The second-order valence-electron chi connectivity index (χ2n) is 5.00. The second kappa shape index (κ2) is 6.23. The highest BCUT2D eigenvalue weighted by atomic mass is 35.5. The Bertz CT molecular complexity index is 558. The van der Waals surface area contributed by atoms with Gasteiger partial charge in [0.25, 0.3) is 0 Å². The molecule has 0 heterocycles. The third-order valence-electron chi connectivity index (χ3n) is 3.27. The molecule has 0 amide bonds. The monoisotopic (exact) mass is 292 g/mol. The van der Waals surface area contributed by atoms with Gasteiger partial charge in [-0.3, -0.25) is 9.59 Å². The average molecular weight is 293 g/mol. The number of Topliss-reactive ketones (excluding diaryl/α,β-unsaturated/α-hetero) is 2. The van der Waals surface area contributed by atoms with Gasteiger partial charge in [-0.05, 0) is 43.5 Å². The van der Waals surface area contributed by atoms with E-state index in [2.05, 4.69) is 0 Å². The van der Waals surface area contributed by atoms with E-state index in [1.54, 1.807) is 24.3 Å². The molecule has 1 atom stereocenters. The number of rotatable bonds is 4. The Morgan fingerprint density at radius 1 is 1.30 bits per heavy atom. The quantitative estimate of drug-likeness (QED) is 0.627. The van der Waals surface area contributed by atoms with Crippen LogP contribution in [0.15, 0.2) is 34.9 Å². The molecule has 1 aromatic carbocycles. The van der Waals surface area contributed by atoms with E-state index in [4.69, 9.17) is 16.3 Å². The summed E-state index contributed by atoms with van der Waals surface area (Å²) in [4.78, 5) is 24.4. The predicted octanol–water partition coefficient (Wildman–Crippen LogP) is 3.76. The van der Waals surface area contributed by atoms with Crippen LogP contribution in [-0.2, 0) is 4.79 Å². The van der Waals surface area contributed by atoms with Crippen molar-refractivity contribution in [3.8, 4) is 5.75 Å². The summed E-state index contributed by atoms with van der Waals surface area (Å²) in [6, 6.07) is 6.77. The third kappa shape index (κ3) is 3.10. The van der Waals surface area contributed by atoms with Crippen molar-refractivity contribution in [2.75, 3.05) is 6.61 Å². The highest BCUT2D eigenvalue weighted by molar-refractivity contribution is 6.39. The first-order chi connectivity index (χ1) is 9.52. The lowest BCUT2D eigenvalue weighted by Crippen LogP contribution is -2.22. The van der Waals surface area contributed by atoms with Crippen LogP contribution in [0.1, 0.15) is 37.0 Å². The Morgan fingerprint density at radius 2 is 1.95 bits per heavy atom. The zero-order valence-corrected chi connectivity index (χ0v) is 12.4. The number of carbonyl (C=O) groups excluding carboxylic acids is 2. The van der Waals surface area contributed by atoms with Crippen molar-refractivity contribution >= 4 is 23.2 Å². The molecule has 0 radical (unpaired) electrons. The molecule has 0 saturated heterocycles. The molecule has 0 aromatic heterocycles. The Labute approximate surface area is 123 Å². The maximum absolute atomic E-state index is 12.4. The van der Waals surface area contributed by atoms with Crippen LogP contribution in [0.3, 0.4) is 0 Å². The van der Waals surface area contributed by atoms with Crippen molar-refractivity contribution in [1.82, 2.24) is 0 Å².